The third-order valence-corrected chi connectivity index (χ3v) is 8.36. The first-order chi connectivity index (χ1) is 14.9. The van der Waals surface area contributed by atoms with Crippen LogP contribution < -0.4 is 10.0 Å². The lowest BCUT2D eigenvalue weighted by Gasteiger charge is -2.39. The second-order valence-corrected chi connectivity index (χ2v) is 10.8. The summed E-state index contributed by atoms with van der Waals surface area (Å²) in [6, 6.07) is 4.31. The molecular weight excluding hydrogens is 441 g/mol. The Bertz CT molecular complexity index is 1060. The molecular formula is C21H25ClFN5O2S. The number of benzene rings is 1. The first-order valence-corrected chi connectivity index (χ1v) is 12.6. The summed E-state index contributed by atoms with van der Waals surface area (Å²) in [5, 5.41) is 3.60. The van der Waals surface area contributed by atoms with Gasteiger partial charge in [-0.25, -0.2) is 22.8 Å². The molecule has 1 aromatic carbocycles. The molecule has 2 saturated carbocycles. The molecule has 2 N–H and O–H groups in total. The van der Waals surface area contributed by atoms with Gasteiger partial charge in [-0.05, 0) is 49.3 Å². The van der Waals surface area contributed by atoms with Crippen LogP contribution in [0.4, 0.5) is 15.9 Å². The average molecular weight is 466 g/mol. The van der Waals surface area contributed by atoms with Crippen molar-refractivity contribution in [2.75, 3.05) is 23.1 Å². The van der Waals surface area contributed by atoms with E-state index in [1.807, 2.05) is 0 Å². The molecule has 1 aliphatic heterocycles. The lowest BCUT2D eigenvalue weighted by Crippen LogP contribution is -2.48. The van der Waals surface area contributed by atoms with Gasteiger partial charge in [0.2, 0.25) is 0 Å². The van der Waals surface area contributed by atoms with Gasteiger partial charge in [0.15, 0.2) is 0 Å². The van der Waals surface area contributed by atoms with Crippen LogP contribution in [0.3, 0.4) is 0 Å². The molecule has 0 radical (unpaired) electrons. The minimum atomic E-state index is -4.18. The van der Waals surface area contributed by atoms with Crippen molar-refractivity contribution in [2.24, 2.45) is 11.8 Å². The van der Waals surface area contributed by atoms with E-state index in [-0.39, 0.29) is 16.9 Å². The largest absolute Gasteiger partial charge is 0.379 e. The van der Waals surface area contributed by atoms with E-state index in [2.05, 4.69) is 24.9 Å². The van der Waals surface area contributed by atoms with E-state index in [4.69, 9.17) is 11.6 Å². The van der Waals surface area contributed by atoms with Crippen molar-refractivity contribution >= 4 is 33.1 Å². The molecule has 2 unspecified atom stereocenters. The second-order valence-electron chi connectivity index (χ2n) is 8.77. The monoisotopic (exact) mass is 465 g/mol. The second kappa shape index (κ2) is 8.18. The minimum Gasteiger partial charge on any atom is -0.379 e. The van der Waals surface area contributed by atoms with Crippen LogP contribution in [0, 0.1) is 17.7 Å². The Labute approximate surface area is 186 Å². The van der Waals surface area contributed by atoms with E-state index >= 15 is 0 Å². The number of sulfonamides is 1. The Morgan fingerprint density at radius 3 is 2.68 bits per heavy atom. The number of hydrogen-bond acceptors (Lipinski definition) is 6. The molecule has 0 spiro atoms. The van der Waals surface area contributed by atoms with E-state index in [1.165, 1.54) is 37.5 Å². The van der Waals surface area contributed by atoms with Crippen LogP contribution >= 0.6 is 11.6 Å². The number of rotatable bonds is 6. The predicted molar refractivity (Wildman–Crippen MR) is 117 cm³/mol. The number of nitrogens with zero attached hydrogens (tertiary/aromatic N) is 3. The van der Waals surface area contributed by atoms with Gasteiger partial charge in [0, 0.05) is 31.4 Å². The van der Waals surface area contributed by atoms with Gasteiger partial charge >= 0.3 is 0 Å². The topological polar surface area (TPSA) is 87.2 Å². The normalized spacial score (nSPS) is 28.2. The van der Waals surface area contributed by atoms with Gasteiger partial charge in [0.1, 0.15) is 22.9 Å². The summed E-state index contributed by atoms with van der Waals surface area (Å²) < 4.78 is 42.4. The van der Waals surface area contributed by atoms with Crippen molar-refractivity contribution < 1.29 is 12.8 Å². The van der Waals surface area contributed by atoms with E-state index in [0.29, 0.717) is 11.7 Å². The third kappa shape index (κ3) is 4.36. The van der Waals surface area contributed by atoms with Gasteiger partial charge in [-0.2, -0.15) is 0 Å². The molecule has 3 fully saturated rings. The highest BCUT2D eigenvalue weighted by molar-refractivity contribution is 7.92. The van der Waals surface area contributed by atoms with Gasteiger partial charge in [-0.3, -0.25) is 9.62 Å². The number of likely N-dealkylation sites (tertiary alicyclic amines) is 1. The summed E-state index contributed by atoms with van der Waals surface area (Å²) in [5.74, 6) is 0.913. The summed E-state index contributed by atoms with van der Waals surface area (Å²) in [5.41, 5.74) is 0.432. The zero-order valence-electron chi connectivity index (χ0n) is 17.0. The van der Waals surface area contributed by atoms with E-state index in [9.17, 15) is 12.8 Å². The fourth-order valence-corrected chi connectivity index (χ4v) is 6.39. The molecule has 10 heteroatoms. The lowest BCUT2D eigenvalue weighted by atomic mass is 9.89. The summed E-state index contributed by atoms with van der Waals surface area (Å²) in [6.45, 7) is 2.31. The summed E-state index contributed by atoms with van der Waals surface area (Å²) in [7, 11) is -4.18. The van der Waals surface area contributed by atoms with Gasteiger partial charge in [-0.15, -0.1) is 0 Å². The van der Waals surface area contributed by atoms with Crippen molar-refractivity contribution in [3.8, 4) is 0 Å². The van der Waals surface area contributed by atoms with Crippen LogP contribution in [-0.4, -0.2) is 48.5 Å². The number of piperidine rings is 1. The van der Waals surface area contributed by atoms with Crippen LogP contribution in [0.25, 0.3) is 0 Å². The molecule has 4 atom stereocenters. The van der Waals surface area contributed by atoms with E-state index in [0.717, 1.165) is 50.3 Å². The molecule has 2 aliphatic carbocycles. The molecule has 1 saturated heterocycles. The van der Waals surface area contributed by atoms with Gasteiger partial charge < -0.3 is 5.32 Å². The Morgan fingerprint density at radius 1 is 1.16 bits per heavy atom. The van der Waals surface area contributed by atoms with Crippen molar-refractivity contribution in [2.45, 2.75) is 49.1 Å². The highest BCUT2D eigenvalue weighted by Gasteiger charge is 2.48. The Kier molecular flexibility index (Phi) is 5.52. The molecule has 0 bridgehead atoms. The highest BCUT2D eigenvalue weighted by atomic mass is 35.5. The summed E-state index contributed by atoms with van der Waals surface area (Å²) >= 11 is 6.41. The maximum absolute atomic E-state index is 14.9. The third-order valence-electron chi connectivity index (χ3n) is 6.68. The Balaban J connectivity index is 1.35. The van der Waals surface area contributed by atoms with Crippen LogP contribution in [0.15, 0.2) is 35.6 Å². The number of halogens is 2. The molecule has 31 heavy (non-hydrogen) atoms. The Morgan fingerprint density at radius 2 is 1.94 bits per heavy atom. The van der Waals surface area contributed by atoms with Crippen LogP contribution in [-0.2, 0) is 10.0 Å². The lowest BCUT2D eigenvalue weighted by molar-refractivity contribution is 0.161. The molecule has 5 rings (SSSR count). The molecule has 1 aromatic heterocycles. The first kappa shape index (κ1) is 20.9. The first-order valence-electron chi connectivity index (χ1n) is 10.7. The van der Waals surface area contributed by atoms with Gasteiger partial charge in [0.05, 0.1) is 10.7 Å². The summed E-state index contributed by atoms with van der Waals surface area (Å²) in [4.78, 5) is 9.61. The number of anilines is 2. The minimum absolute atomic E-state index is 0.0569. The molecule has 0 amide bonds. The number of aromatic nitrogens is 2. The van der Waals surface area contributed by atoms with Crippen LogP contribution in [0.5, 0.6) is 0 Å². The number of hydrogen-bond donors (Lipinski definition) is 2. The molecule has 166 valence electrons. The van der Waals surface area contributed by atoms with E-state index < -0.39 is 20.7 Å². The fourth-order valence-electron chi connectivity index (χ4n) is 5.01. The van der Waals surface area contributed by atoms with Crippen LogP contribution in [0.2, 0.25) is 5.02 Å². The highest BCUT2D eigenvalue weighted by Crippen LogP contribution is 2.47. The standard InChI is InChI=1S/C21H25ClFN5O2S/c22-15-8-20(31(29,30)27-21-5-6-24-12-25-21)16(23)9-18(15)26-17-3-1-2-4-19(17)28-10-13-7-14(13)11-28/h5-6,8-9,12-14,17,19,26H,1-4,7,10-11H2,(H,24,25,27)/t13?,14?,17-,19-/m0/s1. The average Bonchev–Trinajstić information content (AvgIpc) is 3.36. The zero-order valence-corrected chi connectivity index (χ0v) is 18.5. The smallest absolute Gasteiger partial charge is 0.266 e. The summed E-state index contributed by atoms with van der Waals surface area (Å²) in [6.07, 6.45) is 8.38. The van der Waals surface area contributed by atoms with Crippen LogP contribution in [0.1, 0.15) is 32.1 Å². The van der Waals surface area contributed by atoms with Crippen molar-refractivity contribution in [1.82, 2.24) is 14.9 Å². The Hall–Kier alpha value is -1.97. The van der Waals surface area contributed by atoms with Crippen molar-refractivity contribution in [3.63, 3.8) is 0 Å². The maximum atomic E-state index is 14.9. The zero-order chi connectivity index (χ0) is 21.6. The molecule has 2 aromatic rings. The van der Waals surface area contributed by atoms with Crippen molar-refractivity contribution in [1.29, 1.82) is 0 Å². The molecule has 2 heterocycles. The number of fused-ring (bicyclic) bond motifs is 1. The predicted octanol–water partition coefficient (Wildman–Crippen LogP) is 3.74. The molecule has 7 nitrogen and oxygen atoms in total. The molecule has 3 aliphatic rings. The maximum Gasteiger partial charge on any atom is 0.266 e. The van der Waals surface area contributed by atoms with E-state index in [1.54, 1.807) is 0 Å². The van der Waals surface area contributed by atoms with Gasteiger partial charge in [-0.1, -0.05) is 24.4 Å². The number of nitrogens with one attached hydrogen (secondary N) is 2. The van der Waals surface area contributed by atoms with Crippen molar-refractivity contribution in [3.05, 3.63) is 41.6 Å². The SMILES string of the molecule is O=S(=O)(Nc1ccncn1)c1cc(Cl)c(N[C@H]2CCCC[C@@H]2N2CC3CC3C2)cc1F. The fraction of sp³-hybridized carbons (Fsp3) is 0.524. The van der Waals surface area contributed by atoms with Gasteiger partial charge in [0.25, 0.3) is 10.0 Å². The quantitative estimate of drug-likeness (QED) is 0.675.